The Morgan fingerprint density at radius 2 is 1.96 bits per heavy atom. The average molecular weight is 473 g/mol. The van der Waals surface area contributed by atoms with Crippen LogP contribution in [-0.4, -0.2) is 30.9 Å². The summed E-state index contributed by atoms with van der Waals surface area (Å²) in [6.45, 7) is 5.31. The first kappa shape index (κ1) is 21.4. The Labute approximate surface area is 169 Å². The van der Waals surface area contributed by atoms with Crippen LogP contribution in [0.25, 0.3) is 0 Å². The molecule has 0 saturated heterocycles. The predicted octanol–water partition coefficient (Wildman–Crippen LogP) is 2.60. The fourth-order valence-electron chi connectivity index (χ4n) is 2.15. The van der Waals surface area contributed by atoms with E-state index in [1.165, 1.54) is 4.88 Å². The van der Waals surface area contributed by atoms with Crippen molar-refractivity contribution in [1.82, 2.24) is 20.9 Å². The fourth-order valence-corrected chi connectivity index (χ4v) is 3.02. The van der Waals surface area contributed by atoms with Gasteiger partial charge in [-0.15, -0.1) is 35.3 Å². The third kappa shape index (κ3) is 6.28. The molecule has 0 aliphatic carbocycles. The summed E-state index contributed by atoms with van der Waals surface area (Å²) in [4.78, 5) is 21.6. The van der Waals surface area contributed by atoms with Gasteiger partial charge in [-0.3, -0.25) is 9.79 Å². The minimum absolute atomic E-state index is 0. The Hall–Kier alpha value is -1.68. The summed E-state index contributed by atoms with van der Waals surface area (Å²) in [7, 11) is 3.36. The smallest absolute Gasteiger partial charge is 0.251 e. The molecule has 1 aromatic carbocycles. The number of rotatable bonds is 5. The maximum atomic E-state index is 11.7. The molecule has 3 N–H and O–H groups in total. The Morgan fingerprint density at radius 1 is 1.24 bits per heavy atom. The number of halogens is 1. The quantitative estimate of drug-likeness (QED) is 0.355. The van der Waals surface area contributed by atoms with E-state index in [0.29, 0.717) is 24.6 Å². The second-order valence-corrected chi connectivity index (χ2v) is 6.60. The van der Waals surface area contributed by atoms with Crippen LogP contribution in [-0.2, 0) is 13.1 Å². The van der Waals surface area contributed by atoms with Crippen LogP contribution in [0.4, 0.5) is 0 Å². The van der Waals surface area contributed by atoms with Crippen LogP contribution in [0.5, 0.6) is 0 Å². The summed E-state index contributed by atoms with van der Waals surface area (Å²) in [5.41, 5.74) is 2.74. The van der Waals surface area contributed by atoms with Crippen LogP contribution in [0.3, 0.4) is 0 Å². The molecule has 2 rings (SSSR count). The number of aliphatic imine (C=N–C) groups is 1. The monoisotopic (exact) mass is 473 g/mol. The van der Waals surface area contributed by atoms with Gasteiger partial charge in [-0.2, -0.15) is 0 Å². The number of hydrogen-bond donors (Lipinski definition) is 3. The summed E-state index contributed by atoms with van der Waals surface area (Å²) in [5.74, 6) is 0.611. The maximum absolute atomic E-state index is 11.7. The Bertz CT molecular complexity index is 725. The minimum atomic E-state index is -0.0890. The summed E-state index contributed by atoms with van der Waals surface area (Å²) < 4.78 is 0. The topological polar surface area (TPSA) is 78.4 Å². The number of carbonyl (C=O) groups excluding carboxylic acids is 1. The molecule has 0 atom stereocenters. The highest BCUT2D eigenvalue weighted by molar-refractivity contribution is 14.0. The van der Waals surface area contributed by atoms with Gasteiger partial charge in [0.2, 0.25) is 0 Å². The van der Waals surface area contributed by atoms with Crippen molar-refractivity contribution in [2.45, 2.75) is 26.9 Å². The van der Waals surface area contributed by atoms with Crippen molar-refractivity contribution in [3.63, 3.8) is 0 Å². The molecule has 6 nitrogen and oxygen atoms in total. The summed E-state index contributed by atoms with van der Waals surface area (Å²) in [5, 5.41) is 10.2. The molecule has 2 aromatic rings. The molecule has 25 heavy (non-hydrogen) atoms. The van der Waals surface area contributed by atoms with Crippen molar-refractivity contribution in [3.05, 3.63) is 51.0 Å². The molecular formula is C17H24IN5OS. The van der Waals surface area contributed by atoms with E-state index in [1.54, 1.807) is 31.5 Å². The Balaban J connectivity index is 0.00000312. The van der Waals surface area contributed by atoms with Gasteiger partial charge in [-0.25, -0.2) is 4.98 Å². The van der Waals surface area contributed by atoms with Gasteiger partial charge in [0.25, 0.3) is 5.91 Å². The lowest BCUT2D eigenvalue weighted by molar-refractivity contribution is 0.0963. The van der Waals surface area contributed by atoms with Crippen molar-refractivity contribution in [3.8, 4) is 0 Å². The molecule has 0 unspecified atom stereocenters. The van der Waals surface area contributed by atoms with Gasteiger partial charge in [-0.05, 0) is 31.5 Å². The number of thiazole rings is 1. The second kappa shape index (κ2) is 10.3. The van der Waals surface area contributed by atoms with E-state index in [1.807, 2.05) is 25.1 Å². The molecule has 1 heterocycles. The van der Waals surface area contributed by atoms with E-state index in [-0.39, 0.29) is 29.9 Å². The molecule has 0 fully saturated rings. The van der Waals surface area contributed by atoms with Gasteiger partial charge in [0.15, 0.2) is 5.96 Å². The van der Waals surface area contributed by atoms with E-state index in [9.17, 15) is 4.79 Å². The first-order chi connectivity index (χ1) is 11.5. The SMILES string of the molecule is CN=C(NCc1cccc(C(=O)NC)c1)NCc1nc(C)c(C)s1.I. The van der Waals surface area contributed by atoms with Gasteiger partial charge < -0.3 is 16.0 Å². The minimum Gasteiger partial charge on any atom is -0.355 e. The standard InChI is InChI=1S/C17H23N5OS.HI/c1-11-12(2)24-15(22-11)10-21-17(19-4)20-9-13-6-5-7-14(8-13)16(23)18-3;/h5-8H,9-10H2,1-4H3,(H,18,23)(H2,19,20,21);1H. The number of benzene rings is 1. The molecule has 0 aliphatic rings. The molecule has 0 spiro atoms. The number of aromatic nitrogens is 1. The van der Waals surface area contributed by atoms with Crippen LogP contribution < -0.4 is 16.0 Å². The maximum Gasteiger partial charge on any atom is 0.251 e. The largest absolute Gasteiger partial charge is 0.355 e. The van der Waals surface area contributed by atoms with Crippen molar-refractivity contribution in [2.75, 3.05) is 14.1 Å². The van der Waals surface area contributed by atoms with E-state index < -0.39 is 0 Å². The van der Waals surface area contributed by atoms with E-state index in [4.69, 9.17) is 0 Å². The summed E-state index contributed by atoms with van der Waals surface area (Å²) in [6.07, 6.45) is 0. The number of aryl methyl sites for hydroxylation is 2. The highest BCUT2D eigenvalue weighted by Gasteiger charge is 2.06. The highest BCUT2D eigenvalue weighted by Crippen LogP contribution is 2.15. The zero-order valence-electron chi connectivity index (χ0n) is 14.8. The molecule has 0 saturated carbocycles. The van der Waals surface area contributed by atoms with Crippen LogP contribution in [0.1, 0.15) is 31.5 Å². The average Bonchev–Trinajstić information content (AvgIpc) is 2.92. The zero-order chi connectivity index (χ0) is 17.5. The van der Waals surface area contributed by atoms with Crippen LogP contribution in [0, 0.1) is 13.8 Å². The van der Waals surface area contributed by atoms with Crippen LogP contribution in [0.15, 0.2) is 29.3 Å². The van der Waals surface area contributed by atoms with E-state index in [0.717, 1.165) is 16.3 Å². The first-order valence-electron chi connectivity index (χ1n) is 7.72. The van der Waals surface area contributed by atoms with Crippen molar-refractivity contribution in [1.29, 1.82) is 0 Å². The van der Waals surface area contributed by atoms with Crippen molar-refractivity contribution >= 4 is 47.2 Å². The molecule has 8 heteroatoms. The second-order valence-electron chi connectivity index (χ2n) is 5.31. The molecule has 0 radical (unpaired) electrons. The Morgan fingerprint density at radius 3 is 2.56 bits per heavy atom. The lowest BCUT2D eigenvalue weighted by atomic mass is 10.1. The number of hydrogen-bond acceptors (Lipinski definition) is 4. The molecule has 136 valence electrons. The van der Waals surface area contributed by atoms with Gasteiger partial charge in [-0.1, -0.05) is 12.1 Å². The third-order valence-electron chi connectivity index (χ3n) is 3.58. The normalized spacial score (nSPS) is 10.8. The zero-order valence-corrected chi connectivity index (χ0v) is 18.0. The molecule has 1 aromatic heterocycles. The lowest BCUT2D eigenvalue weighted by Crippen LogP contribution is -2.36. The molecular weight excluding hydrogens is 449 g/mol. The van der Waals surface area contributed by atoms with E-state index in [2.05, 4.69) is 32.9 Å². The van der Waals surface area contributed by atoms with Gasteiger partial charge in [0.05, 0.1) is 12.2 Å². The number of carbonyl (C=O) groups is 1. The number of guanidine groups is 1. The lowest BCUT2D eigenvalue weighted by Gasteiger charge is -2.11. The number of nitrogens with one attached hydrogen (secondary N) is 3. The molecule has 1 amide bonds. The Kier molecular flexibility index (Phi) is 8.84. The molecule has 0 aliphatic heterocycles. The fraction of sp³-hybridized carbons (Fsp3) is 0.353. The predicted molar refractivity (Wildman–Crippen MR) is 114 cm³/mol. The number of amides is 1. The first-order valence-corrected chi connectivity index (χ1v) is 8.53. The van der Waals surface area contributed by atoms with Gasteiger partial charge >= 0.3 is 0 Å². The number of nitrogens with zero attached hydrogens (tertiary/aromatic N) is 2. The molecule has 0 bridgehead atoms. The summed E-state index contributed by atoms with van der Waals surface area (Å²) >= 11 is 1.69. The van der Waals surface area contributed by atoms with E-state index >= 15 is 0 Å². The summed E-state index contributed by atoms with van der Waals surface area (Å²) in [6, 6.07) is 7.51. The van der Waals surface area contributed by atoms with Gasteiger partial charge in [0.1, 0.15) is 5.01 Å². The highest BCUT2D eigenvalue weighted by atomic mass is 127. The van der Waals surface area contributed by atoms with Crippen molar-refractivity contribution < 1.29 is 4.79 Å². The van der Waals surface area contributed by atoms with Gasteiger partial charge in [0, 0.05) is 31.1 Å². The van der Waals surface area contributed by atoms with Crippen LogP contribution >= 0.6 is 35.3 Å². The van der Waals surface area contributed by atoms with Crippen molar-refractivity contribution in [2.24, 2.45) is 4.99 Å². The third-order valence-corrected chi connectivity index (χ3v) is 4.65. The van der Waals surface area contributed by atoms with Crippen LogP contribution in [0.2, 0.25) is 0 Å².